The van der Waals surface area contributed by atoms with Gasteiger partial charge in [-0.05, 0) is 18.8 Å². The van der Waals surface area contributed by atoms with Gasteiger partial charge in [-0.1, -0.05) is 13.8 Å². The molecule has 200 valence electrons. The molecular weight excluding hydrogens is 476 g/mol. The molecule has 0 aliphatic heterocycles. The summed E-state index contributed by atoms with van der Waals surface area (Å²) in [4.78, 5) is 78.8. The molecule has 0 aliphatic carbocycles. The largest absolute Gasteiger partial charge is 0.480 e. The third-order valence-electron chi connectivity index (χ3n) is 5.00. The molecule has 5 amide bonds. The van der Waals surface area contributed by atoms with Crippen LogP contribution in [0.1, 0.15) is 45.2 Å². The minimum atomic E-state index is -1.64. The van der Waals surface area contributed by atoms with Gasteiger partial charge in [0.1, 0.15) is 18.1 Å². The Hall–Kier alpha value is -4.01. The average Bonchev–Trinajstić information content (AvgIpc) is 3.27. The highest BCUT2D eigenvalue weighted by atomic mass is 16.4. The monoisotopic (exact) mass is 510 g/mol. The molecule has 0 spiro atoms. The van der Waals surface area contributed by atoms with Crippen LogP contribution in [0.25, 0.3) is 0 Å². The second-order valence-electron chi connectivity index (χ2n) is 8.71. The molecule has 4 atom stereocenters. The third kappa shape index (κ3) is 10.9. The van der Waals surface area contributed by atoms with E-state index < -0.39 is 66.1 Å². The number of aliphatic carboxylic acids is 1. The molecule has 1 rings (SSSR count). The van der Waals surface area contributed by atoms with Crippen molar-refractivity contribution in [2.24, 2.45) is 23.1 Å². The van der Waals surface area contributed by atoms with Crippen molar-refractivity contribution in [3.63, 3.8) is 0 Å². The maximum Gasteiger partial charge on any atom is 0.326 e. The van der Waals surface area contributed by atoms with E-state index in [1.54, 1.807) is 0 Å². The molecule has 4 unspecified atom stereocenters. The fourth-order valence-corrected chi connectivity index (χ4v) is 3.21. The Balaban J connectivity index is 2.98. The predicted octanol–water partition coefficient (Wildman–Crippen LogP) is -2.99. The first-order chi connectivity index (χ1) is 16.8. The van der Waals surface area contributed by atoms with Crippen LogP contribution in [-0.4, -0.2) is 74.7 Å². The summed E-state index contributed by atoms with van der Waals surface area (Å²) >= 11 is 0. The van der Waals surface area contributed by atoms with Crippen molar-refractivity contribution in [3.8, 4) is 0 Å². The Labute approximate surface area is 207 Å². The number of nitrogens with two attached hydrogens (primary N) is 3. The third-order valence-corrected chi connectivity index (χ3v) is 5.00. The number of carboxylic acids is 1. The van der Waals surface area contributed by atoms with E-state index >= 15 is 0 Å². The van der Waals surface area contributed by atoms with Crippen LogP contribution in [0, 0.1) is 5.92 Å². The molecule has 15 nitrogen and oxygen atoms in total. The number of amides is 5. The van der Waals surface area contributed by atoms with Crippen molar-refractivity contribution in [2.45, 2.75) is 70.1 Å². The first kappa shape index (κ1) is 30.0. The Bertz CT molecular complexity index is 935. The summed E-state index contributed by atoms with van der Waals surface area (Å²) in [5.41, 5.74) is 16.7. The van der Waals surface area contributed by atoms with E-state index in [1.807, 2.05) is 13.8 Å². The van der Waals surface area contributed by atoms with Crippen molar-refractivity contribution < 1.29 is 33.9 Å². The normalized spacial score (nSPS) is 14.2. The molecule has 0 saturated heterocycles. The standard InChI is InChI=1S/C21H34N8O7/c1-10(2)5-14(28-18(32)12(22)6-11-8-25-9-26-11)20(34)27-13(3-4-16(23)30)19(33)29-15(21(35)36)7-17(24)31/h8-10,12-15H,3-7,22H2,1-2H3,(H2,23,30)(H2,24,31)(H,25,26)(H,27,34)(H,28,32)(H,29,33)(H,35,36). The zero-order valence-electron chi connectivity index (χ0n) is 20.2. The summed E-state index contributed by atoms with van der Waals surface area (Å²) in [7, 11) is 0. The predicted molar refractivity (Wildman–Crippen MR) is 125 cm³/mol. The Morgan fingerprint density at radius 1 is 0.944 bits per heavy atom. The Kier molecular flexibility index (Phi) is 12.0. The van der Waals surface area contributed by atoms with Crippen LogP contribution >= 0.6 is 0 Å². The maximum absolute atomic E-state index is 13.0. The van der Waals surface area contributed by atoms with Crippen molar-refractivity contribution in [1.29, 1.82) is 0 Å². The van der Waals surface area contributed by atoms with Crippen molar-refractivity contribution in [3.05, 3.63) is 18.2 Å². The van der Waals surface area contributed by atoms with Crippen molar-refractivity contribution in [2.75, 3.05) is 0 Å². The van der Waals surface area contributed by atoms with Gasteiger partial charge in [-0.3, -0.25) is 24.0 Å². The zero-order valence-corrected chi connectivity index (χ0v) is 20.2. The first-order valence-electron chi connectivity index (χ1n) is 11.2. The lowest BCUT2D eigenvalue weighted by atomic mass is 10.0. The molecule has 11 N–H and O–H groups in total. The lowest BCUT2D eigenvalue weighted by Gasteiger charge is -2.25. The zero-order chi connectivity index (χ0) is 27.4. The average molecular weight is 511 g/mol. The van der Waals surface area contributed by atoms with Crippen molar-refractivity contribution >= 4 is 35.5 Å². The summed E-state index contributed by atoms with van der Waals surface area (Å²) in [5.74, 6) is -5.62. The number of primary amides is 2. The minimum Gasteiger partial charge on any atom is -0.480 e. The molecule has 1 heterocycles. The van der Waals surface area contributed by atoms with E-state index in [0.29, 0.717) is 5.69 Å². The summed E-state index contributed by atoms with van der Waals surface area (Å²) in [6, 6.07) is -5.11. The topological polar surface area (TPSA) is 265 Å². The van der Waals surface area contributed by atoms with Crippen LogP contribution in [0.4, 0.5) is 0 Å². The molecule has 1 aromatic heterocycles. The fourth-order valence-electron chi connectivity index (χ4n) is 3.21. The molecule has 15 heteroatoms. The summed E-state index contributed by atoms with van der Waals surface area (Å²) in [6.45, 7) is 3.63. The number of aromatic nitrogens is 2. The number of carboxylic acid groups (broad SMARTS) is 1. The van der Waals surface area contributed by atoms with Gasteiger partial charge in [0.2, 0.25) is 29.5 Å². The number of carbonyl (C=O) groups is 6. The number of nitrogens with zero attached hydrogens (tertiary/aromatic N) is 1. The quantitative estimate of drug-likeness (QED) is 0.112. The molecule has 36 heavy (non-hydrogen) atoms. The van der Waals surface area contributed by atoms with Gasteiger partial charge in [0, 0.05) is 24.7 Å². The smallest absolute Gasteiger partial charge is 0.326 e. The molecule has 0 aliphatic rings. The van der Waals surface area contributed by atoms with Gasteiger partial charge in [-0.2, -0.15) is 0 Å². The molecule has 0 saturated carbocycles. The maximum atomic E-state index is 13.0. The van der Waals surface area contributed by atoms with Gasteiger partial charge in [-0.15, -0.1) is 0 Å². The Morgan fingerprint density at radius 2 is 1.53 bits per heavy atom. The number of rotatable bonds is 16. The molecule has 0 bridgehead atoms. The number of hydrogen-bond donors (Lipinski definition) is 8. The number of aromatic amines is 1. The highest BCUT2D eigenvalue weighted by Gasteiger charge is 2.31. The van der Waals surface area contributed by atoms with Crippen LogP contribution in [0.5, 0.6) is 0 Å². The van der Waals surface area contributed by atoms with E-state index in [0.717, 1.165) is 0 Å². The summed E-state index contributed by atoms with van der Waals surface area (Å²) < 4.78 is 0. The molecule has 1 aromatic rings. The van der Waals surface area contributed by atoms with E-state index in [9.17, 15) is 33.9 Å². The molecule has 0 fully saturated rings. The second kappa shape index (κ2) is 14.4. The van der Waals surface area contributed by atoms with Crippen LogP contribution in [0.15, 0.2) is 12.5 Å². The van der Waals surface area contributed by atoms with Gasteiger partial charge in [-0.25, -0.2) is 9.78 Å². The number of carbonyl (C=O) groups excluding carboxylic acids is 5. The number of H-pyrrole nitrogens is 1. The Morgan fingerprint density at radius 3 is 2.03 bits per heavy atom. The van der Waals surface area contributed by atoms with E-state index in [1.165, 1.54) is 12.5 Å². The van der Waals surface area contributed by atoms with Gasteiger partial charge < -0.3 is 43.2 Å². The number of imidazole rings is 1. The highest BCUT2D eigenvalue weighted by molar-refractivity contribution is 5.95. The SMILES string of the molecule is CC(C)CC(NC(=O)C(N)Cc1cnc[nH]1)C(=O)NC(CCC(N)=O)C(=O)NC(CC(N)=O)C(=O)O. The molecule has 0 aromatic carbocycles. The minimum absolute atomic E-state index is 0.0465. The lowest BCUT2D eigenvalue weighted by Crippen LogP contribution is -2.57. The van der Waals surface area contributed by atoms with E-state index in [4.69, 9.17) is 17.2 Å². The fraction of sp³-hybridized carbons (Fsp3) is 0.571. The van der Waals surface area contributed by atoms with Crippen LogP contribution in [-0.2, 0) is 35.2 Å². The van der Waals surface area contributed by atoms with E-state index in [2.05, 4.69) is 25.9 Å². The molecule has 0 radical (unpaired) electrons. The summed E-state index contributed by atoms with van der Waals surface area (Å²) in [6.07, 6.45) is 2.04. The van der Waals surface area contributed by atoms with E-state index in [-0.39, 0.29) is 31.6 Å². The first-order valence-corrected chi connectivity index (χ1v) is 11.2. The number of nitrogens with one attached hydrogen (secondary N) is 4. The lowest BCUT2D eigenvalue weighted by molar-refractivity contribution is -0.144. The van der Waals surface area contributed by atoms with Crippen LogP contribution in [0.2, 0.25) is 0 Å². The van der Waals surface area contributed by atoms with Gasteiger partial charge in [0.25, 0.3) is 0 Å². The number of hydrogen-bond acceptors (Lipinski definition) is 8. The van der Waals surface area contributed by atoms with Crippen LogP contribution < -0.4 is 33.2 Å². The summed E-state index contributed by atoms with van der Waals surface area (Å²) in [5, 5.41) is 16.3. The van der Waals surface area contributed by atoms with Crippen molar-refractivity contribution in [1.82, 2.24) is 25.9 Å². The second-order valence-corrected chi connectivity index (χ2v) is 8.71. The molecular formula is C21H34N8O7. The van der Waals surface area contributed by atoms with Crippen LogP contribution in [0.3, 0.4) is 0 Å². The van der Waals surface area contributed by atoms with Gasteiger partial charge >= 0.3 is 5.97 Å². The van der Waals surface area contributed by atoms with Gasteiger partial charge in [0.05, 0.1) is 18.8 Å². The highest BCUT2D eigenvalue weighted by Crippen LogP contribution is 2.08. The van der Waals surface area contributed by atoms with Gasteiger partial charge in [0.15, 0.2) is 0 Å².